The molecule has 0 fully saturated rings. The Morgan fingerprint density at radius 1 is 1.36 bits per heavy atom. The number of hydrogen-bond acceptors (Lipinski definition) is 3. The highest BCUT2D eigenvalue weighted by Crippen LogP contribution is 1.87. The molecule has 0 aromatic heterocycles. The van der Waals surface area contributed by atoms with Crippen LogP contribution in [0.25, 0.3) is 0 Å². The van der Waals surface area contributed by atoms with E-state index in [1.165, 1.54) is 0 Å². The number of carbonyl (C=O) groups excluding carboxylic acids is 1. The van der Waals surface area contributed by atoms with E-state index in [1.54, 1.807) is 0 Å². The zero-order chi connectivity index (χ0) is 8.69. The Morgan fingerprint density at radius 2 is 2.00 bits per heavy atom. The maximum absolute atomic E-state index is 10.7. The Labute approximate surface area is 70.4 Å². The number of thiol groups is 1. The van der Waals surface area contributed by atoms with Gasteiger partial charge in [-0.25, -0.2) is 0 Å². The number of carboxylic acids is 1. The molecule has 0 aliphatic heterocycles. The normalized spacial score (nSPS) is 9.18. The first kappa shape index (κ1) is 10.3. The highest BCUT2D eigenvalue weighted by molar-refractivity contribution is 7.80. The summed E-state index contributed by atoms with van der Waals surface area (Å²) in [4.78, 5) is 20.7. The second kappa shape index (κ2) is 6.03. The molecule has 11 heavy (non-hydrogen) atoms. The van der Waals surface area contributed by atoms with Crippen LogP contribution in [0.3, 0.4) is 0 Å². The Balaban J connectivity index is 3.30. The lowest BCUT2D eigenvalue weighted by molar-refractivity contribution is -0.138. The number of nitrogens with one attached hydrogen (secondary N) is 1. The minimum Gasteiger partial charge on any atom is -0.481 e. The van der Waals surface area contributed by atoms with Crippen LogP contribution in [-0.4, -0.2) is 29.3 Å². The van der Waals surface area contributed by atoms with Crippen molar-refractivity contribution in [1.82, 2.24) is 5.32 Å². The molecule has 5 heteroatoms. The second-order valence-corrected chi connectivity index (χ2v) is 2.41. The van der Waals surface area contributed by atoms with E-state index >= 15 is 0 Å². The van der Waals surface area contributed by atoms with E-state index in [0.29, 0.717) is 12.3 Å². The fourth-order valence-corrected chi connectivity index (χ4v) is 0.616. The first-order valence-electron chi connectivity index (χ1n) is 3.26. The van der Waals surface area contributed by atoms with Crippen LogP contribution in [0.4, 0.5) is 0 Å². The molecule has 0 aromatic rings. The van der Waals surface area contributed by atoms with Crippen molar-refractivity contribution in [3.8, 4) is 0 Å². The molecule has 64 valence electrons. The van der Waals surface area contributed by atoms with Crippen LogP contribution < -0.4 is 5.32 Å². The fourth-order valence-electron chi connectivity index (χ4n) is 0.504. The molecule has 1 amide bonds. The van der Waals surface area contributed by atoms with Gasteiger partial charge in [0.05, 0.1) is 6.42 Å². The molecule has 0 heterocycles. The Hall–Kier alpha value is -0.710. The molecule has 0 aliphatic rings. The molecule has 0 atom stereocenters. The van der Waals surface area contributed by atoms with Crippen molar-refractivity contribution >= 4 is 24.5 Å². The van der Waals surface area contributed by atoms with E-state index in [2.05, 4.69) is 17.9 Å². The summed E-state index contributed by atoms with van der Waals surface area (Å²) in [7, 11) is 0. The number of carbonyl (C=O) groups is 2. The van der Waals surface area contributed by atoms with Gasteiger partial charge in [0.1, 0.15) is 0 Å². The van der Waals surface area contributed by atoms with E-state index in [0.717, 1.165) is 0 Å². The van der Waals surface area contributed by atoms with Crippen LogP contribution in [0.1, 0.15) is 12.8 Å². The summed E-state index contributed by atoms with van der Waals surface area (Å²) >= 11 is 3.87. The Bertz CT molecular complexity index is 149. The summed E-state index contributed by atoms with van der Waals surface area (Å²) in [5, 5.41) is 10.7. The third kappa shape index (κ3) is 7.18. The van der Waals surface area contributed by atoms with Crippen molar-refractivity contribution in [1.29, 1.82) is 0 Å². The highest BCUT2D eigenvalue weighted by atomic mass is 32.1. The van der Waals surface area contributed by atoms with Crippen LogP contribution in [0.15, 0.2) is 0 Å². The molecule has 0 rings (SSSR count). The molecule has 0 saturated heterocycles. The average Bonchev–Trinajstić information content (AvgIpc) is 1.97. The fraction of sp³-hybridized carbons (Fsp3) is 0.667. The number of carboxylic acid groups (broad SMARTS) is 1. The van der Waals surface area contributed by atoms with Crippen LogP contribution in [0.2, 0.25) is 0 Å². The monoisotopic (exact) mass is 177 g/mol. The molecular formula is C6H11NO3S. The first-order chi connectivity index (χ1) is 5.16. The maximum Gasteiger partial charge on any atom is 0.303 e. The largest absolute Gasteiger partial charge is 0.481 e. The summed E-state index contributed by atoms with van der Waals surface area (Å²) in [6.45, 7) is 0.488. The van der Waals surface area contributed by atoms with Crippen molar-refractivity contribution in [3.63, 3.8) is 0 Å². The van der Waals surface area contributed by atoms with Crippen molar-refractivity contribution in [2.24, 2.45) is 0 Å². The quantitative estimate of drug-likeness (QED) is 0.514. The third-order valence-electron chi connectivity index (χ3n) is 1.000. The number of rotatable bonds is 5. The first-order valence-corrected chi connectivity index (χ1v) is 3.89. The van der Waals surface area contributed by atoms with E-state index in [1.807, 2.05) is 0 Å². The van der Waals surface area contributed by atoms with E-state index in [-0.39, 0.29) is 18.7 Å². The minimum atomic E-state index is -0.953. The zero-order valence-corrected chi connectivity index (χ0v) is 6.93. The van der Waals surface area contributed by atoms with Gasteiger partial charge in [0, 0.05) is 18.7 Å². The molecule has 4 nitrogen and oxygen atoms in total. The molecule has 0 spiro atoms. The van der Waals surface area contributed by atoms with Gasteiger partial charge in [0.15, 0.2) is 0 Å². The molecule has 2 N–H and O–H groups in total. The van der Waals surface area contributed by atoms with Gasteiger partial charge in [0.2, 0.25) is 5.91 Å². The summed E-state index contributed by atoms with van der Waals surface area (Å²) in [5.74, 6) is -0.619. The van der Waals surface area contributed by atoms with E-state index in [9.17, 15) is 9.59 Å². The molecule has 0 unspecified atom stereocenters. The molecule has 0 aromatic carbocycles. The van der Waals surface area contributed by atoms with Crippen molar-refractivity contribution in [3.05, 3.63) is 0 Å². The lowest BCUT2D eigenvalue weighted by atomic mass is 10.3. The van der Waals surface area contributed by atoms with Crippen LogP contribution in [0, 0.1) is 0 Å². The molecule has 0 aliphatic carbocycles. The lowest BCUT2D eigenvalue weighted by Gasteiger charge is -1.99. The van der Waals surface area contributed by atoms with Crippen molar-refractivity contribution < 1.29 is 14.7 Å². The summed E-state index contributed by atoms with van der Waals surface area (Å²) < 4.78 is 0. The standard InChI is InChI=1S/C6H11NO3S/c8-5(7-3-4-11)1-2-6(9)10/h11H,1-4H2,(H,7,8)(H,9,10). The van der Waals surface area contributed by atoms with Crippen LogP contribution in [-0.2, 0) is 9.59 Å². The van der Waals surface area contributed by atoms with Gasteiger partial charge in [-0.15, -0.1) is 0 Å². The van der Waals surface area contributed by atoms with Gasteiger partial charge in [-0.05, 0) is 0 Å². The lowest BCUT2D eigenvalue weighted by Crippen LogP contribution is -2.25. The second-order valence-electron chi connectivity index (χ2n) is 1.97. The number of aliphatic carboxylic acids is 1. The number of hydrogen-bond donors (Lipinski definition) is 3. The minimum absolute atomic E-state index is 0.0448. The molecular weight excluding hydrogens is 166 g/mol. The molecule has 0 saturated carbocycles. The van der Waals surface area contributed by atoms with E-state index in [4.69, 9.17) is 5.11 Å². The topological polar surface area (TPSA) is 66.4 Å². The number of amides is 1. The van der Waals surface area contributed by atoms with Gasteiger partial charge >= 0.3 is 5.97 Å². The SMILES string of the molecule is O=C(O)CCC(=O)NCCS. The Morgan fingerprint density at radius 3 is 2.45 bits per heavy atom. The van der Waals surface area contributed by atoms with Gasteiger partial charge in [-0.1, -0.05) is 0 Å². The average molecular weight is 177 g/mol. The summed E-state index contributed by atoms with van der Waals surface area (Å²) in [6.07, 6.45) is -0.0679. The van der Waals surface area contributed by atoms with Gasteiger partial charge in [-0.3, -0.25) is 9.59 Å². The Kier molecular flexibility index (Phi) is 5.64. The van der Waals surface area contributed by atoms with Gasteiger partial charge in [-0.2, -0.15) is 12.6 Å². The van der Waals surface area contributed by atoms with Crippen molar-refractivity contribution in [2.45, 2.75) is 12.8 Å². The third-order valence-corrected chi connectivity index (χ3v) is 1.22. The maximum atomic E-state index is 10.7. The molecule has 0 radical (unpaired) electrons. The smallest absolute Gasteiger partial charge is 0.303 e. The predicted molar refractivity (Wildman–Crippen MR) is 43.7 cm³/mol. The summed E-state index contributed by atoms with van der Waals surface area (Å²) in [5.41, 5.74) is 0. The molecule has 0 bridgehead atoms. The summed E-state index contributed by atoms with van der Waals surface area (Å²) in [6, 6.07) is 0. The zero-order valence-electron chi connectivity index (χ0n) is 6.04. The van der Waals surface area contributed by atoms with Gasteiger partial charge in [0.25, 0.3) is 0 Å². The van der Waals surface area contributed by atoms with Crippen LogP contribution >= 0.6 is 12.6 Å². The van der Waals surface area contributed by atoms with Crippen LogP contribution in [0.5, 0.6) is 0 Å². The van der Waals surface area contributed by atoms with Gasteiger partial charge < -0.3 is 10.4 Å². The highest BCUT2D eigenvalue weighted by Gasteiger charge is 2.02. The van der Waals surface area contributed by atoms with E-state index < -0.39 is 5.97 Å². The predicted octanol–water partition coefficient (Wildman–Crippen LogP) is -0.103. The van der Waals surface area contributed by atoms with Crippen molar-refractivity contribution in [2.75, 3.05) is 12.3 Å².